The van der Waals surface area contributed by atoms with E-state index in [1.807, 2.05) is 0 Å². The van der Waals surface area contributed by atoms with E-state index in [4.69, 9.17) is 5.11 Å². The minimum atomic E-state index is -0.777. The van der Waals surface area contributed by atoms with Crippen LogP contribution < -0.4 is 0 Å². The van der Waals surface area contributed by atoms with Gasteiger partial charge in [0.25, 0.3) is 0 Å². The van der Waals surface area contributed by atoms with Crippen LogP contribution >= 0.6 is 0 Å². The van der Waals surface area contributed by atoms with Crippen molar-refractivity contribution in [3.05, 3.63) is 0 Å². The summed E-state index contributed by atoms with van der Waals surface area (Å²) in [6, 6.07) is 0. The van der Waals surface area contributed by atoms with Gasteiger partial charge in [-0.25, -0.2) is 0 Å². The Hall–Kier alpha value is 0.430. The summed E-state index contributed by atoms with van der Waals surface area (Å²) in [6.45, 7) is 2.12. The predicted octanol–water partition coefficient (Wildman–Crippen LogP) is 1.53. The molecule has 1 unspecified atom stereocenters. The number of hydrogen-bond acceptors (Lipinski definition) is 2. The molecular formula is C10H21NaO3. The summed E-state index contributed by atoms with van der Waals surface area (Å²) >= 11 is 0. The van der Waals surface area contributed by atoms with Crippen molar-refractivity contribution in [2.75, 3.05) is 0 Å². The van der Waals surface area contributed by atoms with Gasteiger partial charge in [-0.05, 0) is 19.3 Å². The number of carbonyl (C=O) groups is 1. The fraction of sp³-hybridized carbons (Fsp3) is 0.900. The van der Waals surface area contributed by atoms with Crippen LogP contribution in [-0.2, 0) is 4.79 Å². The predicted molar refractivity (Wildman–Crippen MR) is 58.8 cm³/mol. The molecule has 0 radical (unpaired) electrons. The van der Waals surface area contributed by atoms with Crippen molar-refractivity contribution in [1.82, 2.24) is 0 Å². The zero-order valence-electron chi connectivity index (χ0n) is 8.33. The molecule has 80 valence electrons. The third kappa shape index (κ3) is 12.4. The van der Waals surface area contributed by atoms with Crippen molar-refractivity contribution < 1.29 is 15.0 Å². The SMILES string of the molecule is CCCCCC(O)CCCC(=O)O.[NaH]. The van der Waals surface area contributed by atoms with Gasteiger partial charge >= 0.3 is 35.5 Å². The average Bonchev–Trinajstić information content (AvgIpc) is 2.04. The van der Waals surface area contributed by atoms with Crippen LogP contribution in [0.3, 0.4) is 0 Å². The van der Waals surface area contributed by atoms with Crippen molar-refractivity contribution in [3.63, 3.8) is 0 Å². The molecule has 4 heteroatoms. The zero-order valence-corrected chi connectivity index (χ0v) is 8.33. The maximum atomic E-state index is 10.2. The normalized spacial score (nSPS) is 11.9. The molecule has 0 saturated heterocycles. The molecule has 0 aromatic heterocycles. The number of carboxylic acid groups (broad SMARTS) is 1. The quantitative estimate of drug-likeness (QED) is 0.474. The molecule has 0 aliphatic heterocycles. The molecule has 3 nitrogen and oxygen atoms in total. The Morgan fingerprint density at radius 2 is 1.79 bits per heavy atom. The number of hydrogen-bond donors (Lipinski definition) is 2. The monoisotopic (exact) mass is 212 g/mol. The summed E-state index contributed by atoms with van der Waals surface area (Å²) in [5.41, 5.74) is 0. The molecule has 0 rings (SSSR count). The van der Waals surface area contributed by atoms with E-state index in [9.17, 15) is 9.90 Å². The second kappa shape index (κ2) is 11.5. The van der Waals surface area contributed by atoms with E-state index in [0.29, 0.717) is 12.8 Å². The van der Waals surface area contributed by atoms with E-state index in [-0.39, 0.29) is 42.1 Å². The summed E-state index contributed by atoms with van der Waals surface area (Å²) < 4.78 is 0. The third-order valence-electron chi connectivity index (χ3n) is 2.07. The number of aliphatic carboxylic acids is 1. The van der Waals surface area contributed by atoms with Gasteiger partial charge in [0.1, 0.15) is 0 Å². The fourth-order valence-electron chi connectivity index (χ4n) is 1.26. The molecule has 0 aromatic carbocycles. The molecule has 0 saturated carbocycles. The van der Waals surface area contributed by atoms with Crippen LogP contribution in [0.4, 0.5) is 0 Å². The van der Waals surface area contributed by atoms with E-state index < -0.39 is 5.97 Å². The molecular weight excluding hydrogens is 191 g/mol. The molecule has 14 heavy (non-hydrogen) atoms. The molecule has 0 spiro atoms. The minimum absolute atomic E-state index is 0. The molecule has 0 bridgehead atoms. The summed E-state index contributed by atoms with van der Waals surface area (Å²) in [4.78, 5) is 10.2. The van der Waals surface area contributed by atoms with Gasteiger partial charge in [0.05, 0.1) is 6.10 Å². The van der Waals surface area contributed by atoms with Crippen LogP contribution in [-0.4, -0.2) is 51.8 Å². The van der Waals surface area contributed by atoms with E-state index >= 15 is 0 Å². The first-order valence-electron chi connectivity index (χ1n) is 5.06. The fourth-order valence-corrected chi connectivity index (χ4v) is 1.26. The van der Waals surface area contributed by atoms with E-state index in [0.717, 1.165) is 25.7 Å². The molecule has 0 aliphatic carbocycles. The van der Waals surface area contributed by atoms with Crippen molar-refractivity contribution in [2.45, 2.75) is 58.0 Å². The molecule has 0 aromatic rings. The Balaban J connectivity index is 0. The van der Waals surface area contributed by atoms with Crippen LogP contribution in [0.2, 0.25) is 0 Å². The van der Waals surface area contributed by atoms with E-state index in [1.54, 1.807) is 0 Å². The number of carboxylic acids is 1. The number of aliphatic hydroxyl groups is 1. The first-order chi connectivity index (χ1) is 6.16. The number of aliphatic hydroxyl groups excluding tert-OH is 1. The van der Waals surface area contributed by atoms with Gasteiger partial charge in [-0.2, -0.15) is 0 Å². The summed E-state index contributed by atoms with van der Waals surface area (Å²) in [5.74, 6) is -0.777. The zero-order chi connectivity index (χ0) is 10.1. The van der Waals surface area contributed by atoms with Gasteiger partial charge in [-0.15, -0.1) is 0 Å². The van der Waals surface area contributed by atoms with Gasteiger partial charge in [0, 0.05) is 6.42 Å². The number of rotatable bonds is 8. The van der Waals surface area contributed by atoms with Gasteiger partial charge in [0.2, 0.25) is 0 Å². The summed E-state index contributed by atoms with van der Waals surface area (Å²) in [7, 11) is 0. The van der Waals surface area contributed by atoms with Gasteiger partial charge in [-0.1, -0.05) is 26.2 Å². The molecule has 1 atom stereocenters. The average molecular weight is 212 g/mol. The first-order valence-corrected chi connectivity index (χ1v) is 5.06. The maximum absolute atomic E-state index is 10.2. The molecule has 2 N–H and O–H groups in total. The van der Waals surface area contributed by atoms with Gasteiger partial charge in [-0.3, -0.25) is 4.79 Å². The van der Waals surface area contributed by atoms with Crippen LogP contribution in [0, 0.1) is 0 Å². The van der Waals surface area contributed by atoms with Gasteiger partial charge < -0.3 is 10.2 Å². The van der Waals surface area contributed by atoms with Crippen molar-refractivity contribution in [2.24, 2.45) is 0 Å². The van der Waals surface area contributed by atoms with Crippen LogP contribution in [0.25, 0.3) is 0 Å². The van der Waals surface area contributed by atoms with Crippen molar-refractivity contribution >= 4 is 35.5 Å². The van der Waals surface area contributed by atoms with Crippen molar-refractivity contribution in [3.8, 4) is 0 Å². The Labute approximate surface area is 108 Å². The Bertz CT molecular complexity index is 139. The Morgan fingerprint density at radius 1 is 1.21 bits per heavy atom. The standard InChI is InChI=1S/C10H20O3.Na.H/c1-2-3-4-6-9(11)7-5-8-10(12)13;;/h9,11H,2-8H2,1H3,(H,12,13);;. The van der Waals surface area contributed by atoms with Crippen LogP contribution in [0.5, 0.6) is 0 Å². The molecule has 0 amide bonds. The topological polar surface area (TPSA) is 57.5 Å². The summed E-state index contributed by atoms with van der Waals surface area (Å²) in [6.07, 6.45) is 5.24. The van der Waals surface area contributed by atoms with Crippen molar-refractivity contribution in [1.29, 1.82) is 0 Å². The van der Waals surface area contributed by atoms with E-state index in [1.165, 1.54) is 0 Å². The van der Waals surface area contributed by atoms with Crippen LogP contribution in [0.1, 0.15) is 51.9 Å². The van der Waals surface area contributed by atoms with E-state index in [2.05, 4.69) is 6.92 Å². The second-order valence-corrected chi connectivity index (χ2v) is 3.44. The van der Waals surface area contributed by atoms with Gasteiger partial charge in [0.15, 0.2) is 0 Å². The molecule has 0 aliphatic rings. The third-order valence-corrected chi connectivity index (χ3v) is 2.07. The molecule has 0 heterocycles. The number of unbranched alkanes of at least 4 members (excludes halogenated alkanes) is 2. The van der Waals surface area contributed by atoms with Crippen LogP contribution in [0.15, 0.2) is 0 Å². The second-order valence-electron chi connectivity index (χ2n) is 3.44. The first kappa shape index (κ1) is 16.8. The summed E-state index contributed by atoms with van der Waals surface area (Å²) in [5, 5.41) is 17.8. The Kier molecular flexibility index (Phi) is 13.8. The Morgan fingerprint density at radius 3 is 2.29 bits per heavy atom. The molecule has 0 fully saturated rings.